The molecule has 0 N–H and O–H groups in total. The second-order valence-electron chi connectivity index (χ2n) is 8.93. The number of carbonyl (C=O) groups excluding carboxylic acids is 2. The number of benzene rings is 2. The van der Waals surface area contributed by atoms with Crippen LogP contribution in [-0.4, -0.2) is 38.8 Å². The number of ether oxygens (including phenoxy) is 3. The summed E-state index contributed by atoms with van der Waals surface area (Å²) in [6.07, 6.45) is 5.35. The topological polar surface area (TPSA) is 65.1 Å². The molecule has 0 aromatic heterocycles. The maximum Gasteiger partial charge on any atom is 0.348 e. The number of esters is 2. The Morgan fingerprint density at radius 2 is 1.72 bits per heavy atom. The predicted octanol–water partition coefficient (Wildman–Crippen LogP) is 4.63. The summed E-state index contributed by atoms with van der Waals surface area (Å²) in [6, 6.07) is 14.4. The van der Waals surface area contributed by atoms with Crippen LogP contribution in [0.25, 0.3) is 0 Å². The van der Waals surface area contributed by atoms with E-state index in [1.807, 2.05) is 6.07 Å². The van der Waals surface area contributed by atoms with Crippen molar-refractivity contribution in [2.24, 2.45) is 5.92 Å². The molecule has 0 radical (unpaired) electrons. The van der Waals surface area contributed by atoms with Gasteiger partial charge in [0, 0.05) is 5.92 Å². The minimum atomic E-state index is -0.803. The SMILES string of the molecule is COC(=O)c1ccc2c3c1OC(C(=O)OC)CN3C(c1ccccc1)C2C1CCCCC1. The van der Waals surface area contributed by atoms with Crippen molar-refractivity contribution in [3.05, 3.63) is 59.2 Å². The van der Waals surface area contributed by atoms with E-state index in [0.29, 0.717) is 23.8 Å². The van der Waals surface area contributed by atoms with Gasteiger partial charge in [-0.3, -0.25) is 0 Å². The molecule has 2 aliphatic heterocycles. The quantitative estimate of drug-likeness (QED) is 0.653. The highest BCUT2D eigenvalue weighted by atomic mass is 16.6. The first-order valence-electron chi connectivity index (χ1n) is 11.4. The highest BCUT2D eigenvalue weighted by Crippen LogP contribution is 2.59. The van der Waals surface area contributed by atoms with Gasteiger partial charge in [0.25, 0.3) is 0 Å². The van der Waals surface area contributed by atoms with E-state index in [1.165, 1.54) is 57.5 Å². The van der Waals surface area contributed by atoms with Crippen LogP contribution in [0.5, 0.6) is 5.75 Å². The Morgan fingerprint density at radius 1 is 0.969 bits per heavy atom. The lowest BCUT2D eigenvalue weighted by Crippen LogP contribution is -2.46. The van der Waals surface area contributed by atoms with Crippen LogP contribution in [0.15, 0.2) is 42.5 Å². The molecule has 2 heterocycles. The molecule has 6 nitrogen and oxygen atoms in total. The summed E-state index contributed by atoms with van der Waals surface area (Å²) in [5, 5.41) is 0. The first-order valence-corrected chi connectivity index (χ1v) is 11.4. The zero-order valence-corrected chi connectivity index (χ0v) is 18.6. The van der Waals surface area contributed by atoms with E-state index in [4.69, 9.17) is 14.2 Å². The monoisotopic (exact) mass is 435 g/mol. The Balaban J connectivity index is 1.69. The van der Waals surface area contributed by atoms with Crippen molar-refractivity contribution in [1.29, 1.82) is 0 Å². The third kappa shape index (κ3) is 3.33. The summed E-state index contributed by atoms with van der Waals surface area (Å²) in [4.78, 5) is 27.4. The van der Waals surface area contributed by atoms with Crippen molar-refractivity contribution in [1.82, 2.24) is 0 Å². The summed E-state index contributed by atoms with van der Waals surface area (Å²) >= 11 is 0. The van der Waals surface area contributed by atoms with Crippen molar-refractivity contribution in [3.63, 3.8) is 0 Å². The minimum absolute atomic E-state index is 0.0806. The zero-order valence-electron chi connectivity index (χ0n) is 18.6. The van der Waals surface area contributed by atoms with Gasteiger partial charge in [-0.1, -0.05) is 55.7 Å². The van der Waals surface area contributed by atoms with Crippen LogP contribution in [0.2, 0.25) is 0 Å². The number of carbonyl (C=O) groups is 2. The molecule has 0 amide bonds. The fourth-order valence-electron chi connectivity index (χ4n) is 5.90. The summed E-state index contributed by atoms with van der Waals surface area (Å²) in [5.41, 5.74) is 3.70. The molecule has 1 aliphatic carbocycles. The van der Waals surface area contributed by atoms with Crippen LogP contribution in [0.4, 0.5) is 5.69 Å². The van der Waals surface area contributed by atoms with Gasteiger partial charge >= 0.3 is 11.9 Å². The van der Waals surface area contributed by atoms with Gasteiger partial charge in [-0.05, 0) is 36.0 Å². The van der Waals surface area contributed by atoms with E-state index >= 15 is 0 Å². The lowest BCUT2D eigenvalue weighted by molar-refractivity contribution is -0.148. The van der Waals surface area contributed by atoms with E-state index in [9.17, 15) is 9.59 Å². The molecular weight excluding hydrogens is 406 g/mol. The second kappa shape index (κ2) is 8.49. The smallest absolute Gasteiger partial charge is 0.348 e. The minimum Gasteiger partial charge on any atom is -0.474 e. The van der Waals surface area contributed by atoms with Crippen LogP contribution < -0.4 is 9.64 Å². The lowest BCUT2D eigenvalue weighted by atomic mass is 9.73. The predicted molar refractivity (Wildman–Crippen MR) is 120 cm³/mol. The molecule has 1 saturated carbocycles. The molecule has 2 aromatic rings. The highest BCUT2D eigenvalue weighted by Gasteiger charge is 2.49. The number of methoxy groups -OCH3 is 2. The Bertz CT molecular complexity index is 1010. The van der Waals surface area contributed by atoms with Crippen molar-refractivity contribution < 1.29 is 23.8 Å². The van der Waals surface area contributed by atoms with Crippen molar-refractivity contribution >= 4 is 17.6 Å². The van der Waals surface area contributed by atoms with Gasteiger partial charge in [0.2, 0.25) is 6.10 Å². The van der Waals surface area contributed by atoms with Gasteiger partial charge < -0.3 is 19.1 Å². The molecule has 0 spiro atoms. The van der Waals surface area contributed by atoms with Crippen LogP contribution >= 0.6 is 0 Å². The molecule has 32 heavy (non-hydrogen) atoms. The molecule has 6 heteroatoms. The molecule has 2 aromatic carbocycles. The number of nitrogens with zero attached hydrogens (tertiary/aromatic N) is 1. The number of hydrogen-bond acceptors (Lipinski definition) is 6. The van der Waals surface area contributed by atoms with Crippen LogP contribution in [0.1, 0.15) is 65.5 Å². The third-order valence-corrected chi connectivity index (χ3v) is 7.28. The molecule has 0 saturated heterocycles. The molecular formula is C26H29NO5. The summed E-state index contributed by atoms with van der Waals surface area (Å²) in [6.45, 7) is 0.389. The number of hydrogen-bond donors (Lipinski definition) is 0. The van der Waals surface area contributed by atoms with E-state index in [2.05, 4.69) is 35.2 Å². The fourth-order valence-corrected chi connectivity index (χ4v) is 5.90. The molecule has 5 rings (SSSR count). The Morgan fingerprint density at radius 3 is 2.41 bits per heavy atom. The fraction of sp³-hybridized carbons (Fsp3) is 0.462. The van der Waals surface area contributed by atoms with Gasteiger partial charge in [-0.2, -0.15) is 0 Å². The second-order valence-corrected chi connectivity index (χ2v) is 8.93. The van der Waals surface area contributed by atoms with E-state index in [-0.39, 0.29) is 12.0 Å². The van der Waals surface area contributed by atoms with E-state index in [0.717, 1.165) is 5.69 Å². The average Bonchev–Trinajstić information content (AvgIpc) is 3.19. The molecule has 0 bridgehead atoms. The van der Waals surface area contributed by atoms with Crippen molar-refractivity contribution in [2.45, 2.75) is 50.2 Å². The van der Waals surface area contributed by atoms with Gasteiger partial charge in [-0.15, -0.1) is 0 Å². The Kier molecular flexibility index (Phi) is 5.53. The number of anilines is 1. The van der Waals surface area contributed by atoms with Gasteiger partial charge in [0.05, 0.1) is 32.5 Å². The van der Waals surface area contributed by atoms with Gasteiger partial charge in [0.1, 0.15) is 5.56 Å². The van der Waals surface area contributed by atoms with Crippen LogP contribution in [-0.2, 0) is 14.3 Å². The molecule has 1 fully saturated rings. The molecule has 3 atom stereocenters. The Labute approximate surface area is 188 Å². The number of rotatable bonds is 4. The lowest BCUT2D eigenvalue weighted by Gasteiger charge is -2.39. The first-order chi connectivity index (χ1) is 15.6. The standard InChI is InChI=1S/C26H29NO5/c1-30-25(28)19-14-13-18-21(16-9-5-3-6-10-16)22(17-11-7-4-8-12-17)27-15-20(26(29)31-2)32-24(19)23(18)27/h4,7-8,11-14,16,20-22H,3,5-6,9-10,15H2,1-2H3. The normalized spacial score (nSPS) is 24.4. The summed E-state index contributed by atoms with van der Waals surface area (Å²) in [5.74, 6) is 0.355. The maximum atomic E-state index is 12.6. The van der Waals surface area contributed by atoms with E-state index < -0.39 is 18.0 Å². The third-order valence-electron chi connectivity index (χ3n) is 7.28. The zero-order chi connectivity index (χ0) is 22.2. The molecule has 3 unspecified atom stereocenters. The Hall–Kier alpha value is -3.02. The summed E-state index contributed by atoms with van der Waals surface area (Å²) in [7, 11) is 2.72. The van der Waals surface area contributed by atoms with E-state index in [1.54, 1.807) is 6.07 Å². The first kappa shape index (κ1) is 20.9. The molecule has 168 valence electrons. The van der Waals surface area contributed by atoms with Gasteiger partial charge in [0.15, 0.2) is 5.75 Å². The largest absolute Gasteiger partial charge is 0.474 e. The average molecular weight is 436 g/mol. The summed E-state index contributed by atoms with van der Waals surface area (Å²) < 4.78 is 16.2. The van der Waals surface area contributed by atoms with Crippen LogP contribution in [0.3, 0.4) is 0 Å². The highest BCUT2D eigenvalue weighted by molar-refractivity contribution is 5.97. The van der Waals surface area contributed by atoms with Gasteiger partial charge in [-0.25, -0.2) is 9.59 Å². The van der Waals surface area contributed by atoms with Crippen molar-refractivity contribution in [3.8, 4) is 5.75 Å². The van der Waals surface area contributed by atoms with Crippen molar-refractivity contribution in [2.75, 3.05) is 25.7 Å². The maximum absolute atomic E-state index is 12.6. The molecule has 3 aliphatic rings. The van der Waals surface area contributed by atoms with Crippen LogP contribution in [0, 0.1) is 5.92 Å².